The zero-order valence-corrected chi connectivity index (χ0v) is 12.0. The SMILES string of the molecule is NC(=O)C1CC(CO)Cc2c1[nH]c1ccc(OC(F)(F)F)cc21. The van der Waals surface area contributed by atoms with Crippen LogP contribution in [0.3, 0.4) is 0 Å². The van der Waals surface area contributed by atoms with Crippen molar-refractivity contribution in [3.63, 3.8) is 0 Å². The van der Waals surface area contributed by atoms with E-state index in [1.807, 2.05) is 0 Å². The first-order valence-electron chi connectivity index (χ1n) is 7.09. The second-order valence-electron chi connectivity index (χ2n) is 5.72. The van der Waals surface area contributed by atoms with E-state index in [2.05, 4.69) is 9.72 Å². The Labute approximate surface area is 129 Å². The smallest absolute Gasteiger partial charge is 0.406 e. The molecule has 2 unspecified atom stereocenters. The van der Waals surface area contributed by atoms with Crippen LogP contribution in [0.25, 0.3) is 10.9 Å². The molecule has 1 heterocycles. The highest BCUT2D eigenvalue weighted by Gasteiger charge is 2.34. The van der Waals surface area contributed by atoms with Gasteiger partial charge in [-0.05, 0) is 42.5 Å². The molecule has 8 heteroatoms. The molecule has 124 valence electrons. The molecule has 0 saturated carbocycles. The van der Waals surface area contributed by atoms with Gasteiger partial charge in [0.25, 0.3) is 0 Å². The van der Waals surface area contributed by atoms with E-state index in [9.17, 15) is 23.1 Å². The van der Waals surface area contributed by atoms with Crippen molar-refractivity contribution in [2.75, 3.05) is 6.61 Å². The normalized spacial score (nSPS) is 21.2. The Morgan fingerprint density at radius 1 is 1.43 bits per heavy atom. The standard InChI is InChI=1S/C15H15F3N2O3/c16-15(17,18)23-8-1-2-12-9(5-8)10-3-7(6-21)4-11(14(19)22)13(10)20-12/h1-2,5,7,11,20-21H,3-4,6H2,(H2,19,22). The lowest BCUT2D eigenvalue weighted by atomic mass is 9.79. The minimum absolute atomic E-state index is 0.116. The molecule has 5 nitrogen and oxygen atoms in total. The van der Waals surface area contributed by atoms with Crippen LogP contribution in [-0.4, -0.2) is 29.0 Å². The van der Waals surface area contributed by atoms with Crippen molar-refractivity contribution < 1.29 is 27.8 Å². The van der Waals surface area contributed by atoms with Crippen LogP contribution >= 0.6 is 0 Å². The topological polar surface area (TPSA) is 88.3 Å². The summed E-state index contributed by atoms with van der Waals surface area (Å²) in [6.45, 7) is -0.116. The lowest BCUT2D eigenvalue weighted by Crippen LogP contribution is -2.30. The molecule has 1 aliphatic carbocycles. The molecule has 2 aromatic rings. The highest BCUT2D eigenvalue weighted by Crippen LogP contribution is 2.39. The van der Waals surface area contributed by atoms with Gasteiger partial charge in [0.15, 0.2) is 0 Å². The number of fused-ring (bicyclic) bond motifs is 3. The Kier molecular flexibility index (Phi) is 3.71. The summed E-state index contributed by atoms with van der Waals surface area (Å²) in [5, 5.41) is 9.94. The number of aliphatic hydroxyl groups excluding tert-OH is 1. The van der Waals surface area contributed by atoms with E-state index in [0.29, 0.717) is 35.0 Å². The maximum Gasteiger partial charge on any atom is 0.573 e. The summed E-state index contributed by atoms with van der Waals surface area (Å²) in [5.74, 6) is -1.60. The van der Waals surface area contributed by atoms with Gasteiger partial charge in [0.1, 0.15) is 5.75 Å². The summed E-state index contributed by atoms with van der Waals surface area (Å²) in [5.41, 5.74) is 7.35. The van der Waals surface area contributed by atoms with Gasteiger partial charge in [-0.2, -0.15) is 0 Å². The van der Waals surface area contributed by atoms with Gasteiger partial charge in [-0.15, -0.1) is 13.2 Å². The van der Waals surface area contributed by atoms with E-state index in [1.54, 1.807) is 0 Å². The molecule has 23 heavy (non-hydrogen) atoms. The molecule has 1 aromatic heterocycles. The Morgan fingerprint density at radius 3 is 2.78 bits per heavy atom. The number of amides is 1. The summed E-state index contributed by atoms with van der Waals surface area (Å²) in [4.78, 5) is 14.7. The van der Waals surface area contributed by atoms with Crippen molar-refractivity contribution in [3.8, 4) is 5.75 Å². The van der Waals surface area contributed by atoms with Gasteiger partial charge in [-0.1, -0.05) is 0 Å². The number of carbonyl (C=O) groups is 1. The van der Waals surface area contributed by atoms with Crippen molar-refractivity contribution >= 4 is 16.8 Å². The molecule has 2 atom stereocenters. The molecular weight excluding hydrogens is 313 g/mol. The first-order valence-corrected chi connectivity index (χ1v) is 7.09. The monoisotopic (exact) mass is 328 g/mol. The van der Waals surface area contributed by atoms with Crippen LogP contribution in [-0.2, 0) is 11.2 Å². The number of primary amides is 1. The fraction of sp³-hybridized carbons (Fsp3) is 0.400. The first kappa shape index (κ1) is 15.7. The van der Waals surface area contributed by atoms with Crippen molar-refractivity contribution in [1.82, 2.24) is 4.98 Å². The number of alkyl halides is 3. The molecule has 0 bridgehead atoms. The van der Waals surface area contributed by atoms with Gasteiger partial charge in [0.05, 0.1) is 5.92 Å². The highest BCUT2D eigenvalue weighted by molar-refractivity contribution is 5.90. The second kappa shape index (κ2) is 5.45. The van der Waals surface area contributed by atoms with Crippen LogP contribution in [0, 0.1) is 5.92 Å². The number of hydrogen-bond donors (Lipinski definition) is 3. The number of aromatic nitrogens is 1. The zero-order valence-electron chi connectivity index (χ0n) is 12.0. The summed E-state index contributed by atoms with van der Waals surface area (Å²) in [6.07, 6.45) is -3.89. The number of rotatable bonds is 3. The molecule has 1 amide bonds. The summed E-state index contributed by atoms with van der Waals surface area (Å²) in [6, 6.07) is 3.97. The number of nitrogens with two attached hydrogens (primary N) is 1. The molecule has 0 radical (unpaired) electrons. The minimum atomic E-state index is -4.77. The quantitative estimate of drug-likeness (QED) is 0.807. The molecule has 0 fully saturated rings. The summed E-state index contributed by atoms with van der Waals surface area (Å²) < 4.78 is 41.0. The van der Waals surface area contributed by atoms with E-state index in [-0.39, 0.29) is 18.3 Å². The van der Waals surface area contributed by atoms with Crippen LogP contribution in [0.2, 0.25) is 0 Å². The van der Waals surface area contributed by atoms with Gasteiger partial charge in [-0.25, -0.2) is 0 Å². The number of nitrogens with one attached hydrogen (secondary N) is 1. The van der Waals surface area contributed by atoms with Gasteiger partial charge in [0, 0.05) is 23.2 Å². The second-order valence-corrected chi connectivity index (χ2v) is 5.72. The molecule has 1 aromatic carbocycles. The maximum atomic E-state index is 12.4. The fourth-order valence-electron chi connectivity index (χ4n) is 3.18. The van der Waals surface area contributed by atoms with Gasteiger partial charge in [-0.3, -0.25) is 4.79 Å². The zero-order chi connectivity index (χ0) is 16.8. The predicted molar refractivity (Wildman–Crippen MR) is 75.8 cm³/mol. The number of benzene rings is 1. The third-order valence-corrected chi connectivity index (χ3v) is 4.16. The molecular formula is C15H15F3N2O3. The molecule has 0 spiro atoms. The lowest BCUT2D eigenvalue weighted by molar-refractivity contribution is -0.274. The number of H-pyrrole nitrogens is 1. The molecule has 1 aliphatic rings. The number of aromatic amines is 1. The van der Waals surface area contributed by atoms with Crippen LogP contribution in [0.15, 0.2) is 18.2 Å². The number of ether oxygens (including phenoxy) is 1. The molecule has 0 saturated heterocycles. The lowest BCUT2D eigenvalue weighted by Gasteiger charge is -2.26. The third-order valence-electron chi connectivity index (χ3n) is 4.16. The summed E-state index contributed by atoms with van der Waals surface area (Å²) >= 11 is 0. The van der Waals surface area contributed by atoms with Gasteiger partial charge >= 0.3 is 6.36 Å². The van der Waals surface area contributed by atoms with Gasteiger partial charge in [0.2, 0.25) is 5.91 Å². The van der Waals surface area contributed by atoms with Crippen LogP contribution in [0.4, 0.5) is 13.2 Å². The Morgan fingerprint density at radius 2 is 2.17 bits per heavy atom. The number of hydrogen-bond acceptors (Lipinski definition) is 3. The Balaban J connectivity index is 2.09. The van der Waals surface area contributed by atoms with E-state index in [4.69, 9.17) is 5.73 Å². The van der Waals surface area contributed by atoms with Crippen molar-refractivity contribution in [2.24, 2.45) is 11.7 Å². The van der Waals surface area contributed by atoms with Crippen LogP contribution < -0.4 is 10.5 Å². The highest BCUT2D eigenvalue weighted by atomic mass is 19.4. The molecule has 0 aliphatic heterocycles. The molecule has 3 rings (SSSR count). The van der Waals surface area contributed by atoms with E-state index in [1.165, 1.54) is 18.2 Å². The van der Waals surface area contributed by atoms with Crippen molar-refractivity contribution in [1.29, 1.82) is 0 Å². The fourth-order valence-corrected chi connectivity index (χ4v) is 3.18. The first-order chi connectivity index (χ1) is 10.8. The van der Waals surface area contributed by atoms with E-state index in [0.717, 1.165) is 0 Å². The molecule has 4 N–H and O–H groups in total. The Bertz CT molecular complexity index is 754. The maximum absolute atomic E-state index is 12.4. The Hall–Kier alpha value is -2.22. The van der Waals surface area contributed by atoms with Crippen molar-refractivity contribution in [3.05, 3.63) is 29.5 Å². The van der Waals surface area contributed by atoms with Crippen LogP contribution in [0.1, 0.15) is 23.6 Å². The predicted octanol–water partition coefficient (Wildman–Crippen LogP) is 2.19. The average Bonchev–Trinajstić information content (AvgIpc) is 2.82. The van der Waals surface area contributed by atoms with Crippen LogP contribution in [0.5, 0.6) is 5.75 Å². The van der Waals surface area contributed by atoms with Crippen molar-refractivity contribution in [2.45, 2.75) is 25.1 Å². The van der Waals surface area contributed by atoms with Gasteiger partial charge < -0.3 is 20.6 Å². The number of halogens is 3. The third kappa shape index (κ3) is 2.98. The average molecular weight is 328 g/mol. The number of aliphatic hydroxyl groups is 1. The van der Waals surface area contributed by atoms with E-state index < -0.39 is 18.2 Å². The number of carbonyl (C=O) groups excluding carboxylic acids is 1. The largest absolute Gasteiger partial charge is 0.573 e. The minimum Gasteiger partial charge on any atom is -0.406 e. The summed E-state index contributed by atoms with van der Waals surface area (Å²) in [7, 11) is 0. The van der Waals surface area contributed by atoms with E-state index >= 15 is 0 Å².